The van der Waals surface area contributed by atoms with Gasteiger partial charge in [-0.15, -0.1) is 0 Å². The van der Waals surface area contributed by atoms with Crippen LogP contribution in [-0.4, -0.2) is 23.3 Å². The standard InChI is InChI=1S/C13H18O4/c1-9(8-13(15)16)7-12(14)10-3-5-11(17-2)6-4-10/h3-6,9,12,14H,7-8H2,1-2H3,(H,15,16). The molecule has 0 saturated heterocycles. The van der Waals surface area contributed by atoms with Crippen LogP contribution in [0, 0.1) is 5.92 Å². The van der Waals surface area contributed by atoms with Gasteiger partial charge in [0.15, 0.2) is 0 Å². The summed E-state index contributed by atoms with van der Waals surface area (Å²) in [4.78, 5) is 10.5. The molecule has 0 radical (unpaired) electrons. The minimum Gasteiger partial charge on any atom is -0.497 e. The molecule has 0 saturated carbocycles. The highest BCUT2D eigenvalue weighted by Gasteiger charge is 2.14. The number of benzene rings is 1. The third kappa shape index (κ3) is 4.44. The molecule has 0 aliphatic carbocycles. The number of carboxylic acids is 1. The molecule has 0 amide bonds. The lowest BCUT2D eigenvalue weighted by atomic mass is 9.96. The minimum atomic E-state index is -0.834. The first-order valence-electron chi connectivity index (χ1n) is 5.56. The van der Waals surface area contributed by atoms with Crippen LogP contribution < -0.4 is 4.74 Å². The van der Waals surface area contributed by atoms with Gasteiger partial charge in [0, 0.05) is 6.42 Å². The van der Waals surface area contributed by atoms with E-state index in [9.17, 15) is 9.90 Å². The first-order chi connectivity index (χ1) is 8.02. The normalized spacial score (nSPS) is 14.1. The second kappa shape index (κ2) is 6.25. The lowest BCUT2D eigenvalue weighted by molar-refractivity contribution is -0.138. The topological polar surface area (TPSA) is 66.8 Å². The summed E-state index contributed by atoms with van der Waals surface area (Å²) < 4.78 is 5.02. The summed E-state index contributed by atoms with van der Waals surface area (Å²) in [5.41, 5.74) is 0.781. The van der Waals surface area contributed by atoms with E-state index in [0.717, 1.165) is 11.3 Å². The summed E-state index contributed by atoms with van der Waals surface area (Å²) in [6.45, 7) is 1.82. The van der Waals surface area contributed by atoms with Gasteiger partial charge in [-0.25, -0.2) is 0 Å². The van der Waals surface area contributed by atoms with Crippen molar-refractivity contribution in [1.29, 1.82) is 0 Å². The number of rotatable bonds is 6. The number of methoxy groups -OCH3 is 1. The second-order valence-corrected chi connectivity index (χ2v) is 4.23. The fourth-order valence-corrected chi connectivity index (χ4v) is 1.72. The lowest BCUT2D eigenvalue weighted by Gasteiger charge is -2.15. The molecule has 0 bridgehead atoms. The second-order valence-electron chi connectivity index (χ2n) is 4.23. The van der Waals surface area contributed by atoms with Crippen LogP contribution in [-0.2, 0) is 4.79 Å². The highest BCUT2D eigenvalue weighted by atomic mass is 16.5. The fraction of sp³-hybridized carbons (Fsp3) is 0.462. The third-order valence-electron chi connectivity index (χ3n) is 2.65. The number of aliphatic hydroxyl groups is 1. The van der Waals surface area contributed by atoms with Crippen molar-refractivity contribution in [2.24, 2.45) is 5.92 Å². The van der Waals surface area contributed by atoms with E-state index in [1.807, 2.05) is 6.92 Å². The van der Waals surface area contributed by atoms with Crippen molar-refractivity contribution < 1.29 is 19.7 Å². The van der Waals surface area contributed by atoms with Crippen molar-refractivity contribution in [3.05, 3.63) is 29.8 Å². The summed E-state index contributed by atoms with van der Waals surface area (Å²) in [5.74, 6) is -0.149. The van der Waals surface area contributed by atoms with Crippen LogP contribution in [0.1, 0.15) is 31.4 Å². The minimum absolute atomic E-state index is 0.0513. The molecule has 0 heterocycles. The SMILES string of the molecule is COc1ccc(C(O)CC(C)CC(=O)O)cc1. The Hall–Kier alpha value is -1.55. The van der Waals surface area contributed by atoms with Gasteiger partial charge in [-0.05, 0) is 30.0 Å². The van der Waals surface area contributed by atoms with Gasteiger partial charge in [-0.1, -0.05) is 19.1 Å². The molecule has 2 atom stereocenters. The molecule has 0 fully saturated rings. The van der Waals surface area contributed by atoms with E-state index in [1.54, 1.807) is 31.4 Å². The van der Waals surface area contributed by atoms with Gasteiger partial charge < -0.3 is 14.9 Å². The van der Waals surface area contributed by atoms with E-state index in [0.29, 0.717) is 6.42 Å². The highest BCUT2D eigenvalue weighted by molar-refractivity contribution is 5.66. The van der Waals surface area contributed by atoms with Crippen LogP contribution in [0.3, 0.4) is 0 Å². The quantitative estimate of drug-likeness (QED) is 0.797. The largest absolute Gasteiger partial charge is 0.497 e. The molecule has 0 aliphatic rings. The number of aliphatic hydroxyl groups excluding tert-OH is 1. The first-order valence-corrected chi connectivity index (χ1v) is 5.56. The Morgan fingerprint density at radius 3 is 2.41 bits per heavy atom. The molecular formula is C13H18O4. The molecule has 94 valence electrons. The number of carboxylic acid groups (broad SMARTS) is 1. The number of ether oxygens (including phenoxy) is 1. The molecule has 4 nitrogen and oxygen atoms in total. The van der Waals surface area contributed by atoms with Gasteiger partial charge in [-0.2, -0.15) is 0 Å². The Morgan fingerprint density at radius 1 is 1.35 bits per heavy atom. The van der Waals surface area contributed by atoms with E-state index in [2.05, 4.69) is 0 Å². The van der Waals surface area contributed by atoms with E-state index < -0.39 is 12.1 Å². The number of hydrogen-bond acceptors (Lipinski definition) is 3. The van der Waals surface area contributed by atoms with Crippen LogP contribution in [0.2, 0.25) is 0 Å². The molecule has 1 aromatic rings. The van der Waals surface area contributed by atoms with Gasteiger partial charge in [0.2, 0.25) is 0 Å². The summed E-state index contributed by atoms with van der Waals surface area (Å²) >= 11 is 0. The molecular weight excluding hydrogens is 220 g/mol. The van der Waals surface area contributed by atoms with E-state index >= 15 is 0 Å². The number of aliphatic carboxylic acids is 1. The lowest BCUT2D eigenvalue weighted by Crippen LogP contribution is -2.09. The van der Waals surface area contributed by atoms with Crippen LogP contribution in [0.15, 0.2) is 24.3 Å². The van der Waals surface area contributed by atoms with Gasteiger partial charge in [-0.3, -0.25) is 4.79 Å². The molecule has 1 rings (SSSR count). The highest BCUT2D eigenvalue weighted by Crippen LogP contribution is 2.24. The van der Waals surface area contributed by atoms with Crippen molar-refractivity contribution in [3.8, 4) is 5.75 Å². The summed E-state index contributed by atoms with van der Waals surface area (Å²) in [5, 5.41) is 18.6. The molecule has 4 heteroatoms. The van der Waals surface area contributed by atoms with E-state index in [1.165, 1.54) is 0 Å². The van der Waals surface area contributed by atoms with Gasteiger partial charge in [0.25, 0.3) is 0 Å². The van der Waals surface area contributed by atoms with Crippen molar-refractivity contribution in [1.82, 2.24) is 0 Å². The Labute approximate surface area is 101 Å². The first kappa shape index (κ1) is 13.5. The maximum absolute atomic E-state index is 10.5. The monoisotopic (exact) mass is 238 g/mol. The van der Waals surface area contributed by atoms with Crippen molar-refractivity contribution >= 4 is 5.97 Å². The maximum Gasteiger partial charge on any atom is 0.303 e. The zero-order valence-electron chi connectivity index (χ0n) is 10.1. The van der Waals surface area contributed by atoms with Gasteiger partial charge >= 0.3 is 5.97 Å². The molecule has 17 heavy (non-hydrogen) atoms. The van der Waals surface area contributed by atoms with Crippen molar-refractivity contribution in [3.63, 3.8) is 0 Å². The zero-order chi connectivity index (χ0) is 12.8. The van der Waals surface area contributed by atoms with Gasteiger partial charge in [0.05, 0.1) is 13.2 Å². The average molecular weight is 238 g/mol. The third-order valence-corrected chi connectivity index (χ3v) is 2.65. The van der Waals surface area contributed by atoms with Crippen molar-refractivity contribution in [2.75, 3.05) is 7.11 Å². The Morgan fingerprint density at radius 2 is 1.94 bits per heavy atom. The zero-order valence-corrected chi connectivity index (χ0v) is 10.1. The smallest absolute Gasteiger partial charge is 0.303 e. The summed E-state index contributed by atoms with van der Waals surface area (Å²) in [7, 11) is 1.58. The van der Waals surface area contributed by atoms with Crippen LogP contribution >= 0.6 is 0 Å². The Kier molecular flexibility index (Phi) is 4.97. The molecule has 0 aliphatic heterocycles. The van der Waals surface area contributed by atoms with E-state index in [4.69, 9.17) is 9.84 Å². The number of carbonyl (C=O) groups is 1. The van der Waals surface area contributed by atoms with Crippen LogP contribution in [0.4, 0.5) is 0 Å². The van der Waals surface area contributed by atoms with Gasteiger partial charge in [0.1, 0.15) is 5.75 Å². The molecule has 0 spiro atoms. The molecule has 0 aromatic heterocycles. The average Bonchev–Trinajstić information content (AvgIpc) is 2.28. The molecule has 1 aromatic carbocycles. The predicted octanol–water partition coefficient (Wildman–Crippen LogP) is 2.23. The van der Waals surface area contributed by atoms with Crippen LogP contribution in [0.5, 0.6) is 5.75 Å². The van der Waals surface area contributed by atoms with E-state index in [-0.39, 0.29) is 12.3 Å². The maximum atomic E-state index is 10.5. The Balaban J connectivity index is 2.56. The summed E-state index contributed by atoms with van der Waals surface area (Å²) in [6, 6.07) is 7.13. The molecule has 2 unspecified atom stereocenters. The fourth-order valence-electron chi connectivity index (χ4n) is 1.72. The Bertz CT molecular complexity index is 358. The number of hydrogen-bond donors (Lipinski definition) is 2. The van der Waals surface area contributed by atoms with Crippen molar-refractivity contribution in [2.45, 2.75) is 25.9 Å². The predicted molar refractivity (Wildman–Crippen MR) is 64.0 cm³/mol. The molecule has 2 N–H and O–H groups in total. The van der Waals surface area contributed by atoms with Crippen LogP contribution in [0.25, 0.3) is 0 Å². The summed E-state index contributed by atoms with van der Waals surface area (Å²) in [6.07, 6.45) is -0.110.